The summed E-state index contributed by atoms with van der Waals surface area (Å²) >= 11 is 1.75. The Bertz CT molecular complexity index is 276. The molecule has 2 N–H and O–H groups in total. The zero-order valence-corrected chi connectivity index (χ0v) is 14.1. The Labute approximate surface area is 128 Å². The van der Waals surface area contributed by atoms with Crippen molar-refractivity contribution in [2.24, 2.45) is 11.7 Å². The topological polar surface area (TPSA) is 49.6 Å². The van der Waals surface area contributed by atoms with Crippen LogP contribution in [0.25, 0.3) is 0 Å². The summed E-state index contributed by atoms with van der Waals surface area (Å²) in [7, 11) is 0. The Hall–Kier alpha value is -0.260. The minimum absolute atomic E-state index is 0.153. The molecule has 0 unspecified atom stereocenters. The normalized spacial score (nSPS) is 18.6. The molecule has 1 atom stereocenters. The first kappa shape index (κ1) is 17.8. The molecule has 1 fully saturated rings. The smallest absolute Gasteiger partial charge is 0.239 e. The number of rotatable bonds is 8. The van der Waals surface area contributed by atoms with E-state index in [1.165, 1.54) is 6.54 Å². The van der Waals surface area contributed by atoms with Gasteiger partial charge in [-0.25, -0.2) is 0 Å². The molecule has 1 saturated heterocycles. The maximum atomic E-state index is 12.2. The van der Waals surface area contributed by atoms with E-state index in [2.05, 4.69) is 25.0 Å². The van der Waals surface area contributed by atoms with Gasteiger partial charge >= 0.3 is 0 Å². The lowest BCUT2D eigenvalue weighted by Crippen LogP contribution is -2.48. The zero-order valence-electron chi connectivity index (χ0n) is 13.3. The molecule has 1 rings (SSSR count). The van der Waals surface area contributed by atoms with Gasteiger partial charge in [0.2, 0.25) is 5.91 Å². The van der Waals surface area contributed by atoms with E-state index in [4.69, 9.17) is 5.73 Å². The largest absolute Gasteiger partial charge is 0.341 e. The highest BCUT2D eigenvalue weighted by molar-refractivity contribution is 7.98. The van der Waals surface area contributed by atoms with Crippen LogP contribution in [0.1, 0.15) is 33.1 Å². The number of carbonyl (C=O) groups is 1. The van der Waals surface area contributed by atoms with Gasteiger partial charge in [-0.1, -0.05) is 13.8 Å². The fourth-order valence-corrected chi connectivity index (χ4v) is 3.28. The molecule has 0 aliphatic carbocycles. The maximum Gasteiger partial charge on any atom is 0.239 e. The molecule has 0 radical (unpaired) electrons. The van der Waals surface area contributed by atoms with Crippen molar-refractivity contribution in [1.82, 2.24) is 9.80 Å². The van der Waals surface area contributed by atoms with Gasteiger partial charge in [0, 0.05) is 19.6 Å². The third-order valence-electron chi connectivity index (χ3n) is 4.29. The molecular formula is C15H31N3OS. The van der Waals surface area contributed by atoms with Gasteiger partial charge in [0.25, 0.3) is 0 Å². The van der Waals surface area contributed by atoms with E-state index in [-0.39, 0.29) is 11.9 Å². The molecule has 0 bridgehead atoms. The van der Waals surface area contributed by atoms with Crippen molar-refractivity contribution in [2.45, 2.75) is 39.2 Å². The number of nitrogens with two attached hydrogens (primary N) is 1. The molecule has 0 spiro atoms. The molecule has 0 aromatic rings. The van der Waals surface area contributed by atoms with Crippen LogP contribution >= 0.6 is 11.8 Å². The van der Waals surface area contributed by atoms with Crippen molar-refractivity contribution >= 4 is 17.7 Å². The summed E-state index contributed by atoms with van der Waals surface area (Å²) in [5, 5.41) is 0. The van der Waals surface area contributed by atoms with Crippen LogP contribution in [0.15, 0.2) is 0 Å². The number of piperidine rings is 1. The van der Waals surface area contributed by atoms with Crippen LogP contribution in [0.4, 0.5) is 0 Å². The molecule has 1 amide bonds. The summed E-state index contributed by atoms with van der Waals surface area (Å²) in [6.07, 6.45) is 5.09. The Morgan fingerprint density at radius 1 is 1.35 bits per heavy atom. The summed E-state index contributed by atoms with van der Waals surface area (Å²) < 4.78 is 0. The molecule has 118 valence electrons. The number of amides is 1. The number of thioether (sulfide) groups is 1. The van der Waals surface area contributed by atoms with Crippen LogP contribution in [-0.4, -0.2) is 66.5 Å². The summed E-state index contributed by atoms with van der Waals surface area (Å²) in [4.78, 5) is 16.7. The van der Waals surface area contributed by atoms with Crippen molar-refractivity contribution in [3.63, 3.8) is 0 Å². The third-order valence-corrected chi connectivity index (χ3v) is 4.93. The molecule has 0 saturated carbocycles. The van der Waals surface area contributed by atoms with Crippen LogP contribution in [-0.2, 0) is 4.79 Å². The average molecular weight is 302 g/mol. The van der Waals surface area contributed by atoms with Crippen LogP contribution in [0.2, 0.25) is 0 Å². The van der Waals surface area contributed by atoms with E-state index in [0.29, 0.717) is 0 Å². The molecule has 1 aliphatic rings. The van der Waals surface area contributed by atoms with Crippen molar-refractivity contribution < 1.29 is 4.79 Å². The number of nitrogens with zero attached hydrogens (tertiary/aromatic N) is 2. The summed E-state index contributed by atoms with van der Waals surface area (Å²) in [6, 6.07) is -0.304. The van der Waals surface area contributed by atoms with Crippen molar-refractivity contribution in [3.05, 3.63) is 0 Å². The molecule has 0 aromatic heterocycles. The Balaban J connectivity index is 2.32. The lowest BCUT2D eigenvalue weighted by atomic mass is 9.95. The predicted molar refractivity (Wildman–Crippen MR) is 88.1 cm³/mol. The molecule has 1 heterocycles. The number of hydrogen-bond acceptors (Lipinski definition) is 4. The van der Waals surface area contributed by atoms with Crippen molar-refractivity contribution in [1.29, 1.82) is 0 Å². The molecule has 5 heteroatoms. The number of hydrogen-bond donors (Lipinski definition) is 1. The van der Waals surface area contributed by atoms with Crippen molar-refractivity contribution in [2.75, 3.05) is 44.7 Å². The second-order valence-corrected chi connectivity index (χ2v) is 6.63. The summed E-state index contributed by atoms with van der Waals surface area (Å²) in [6.45, 7) is 9.62. The highest BCUT2D eigenvalue weighted by Gasteiger charge is 2.26. The molecule has 1 aliphatic heterocycles. The molecular weight excluding hydrogens is 270 g/mol. The van der Waals surface area contributed by atoms with Gasteiger partial charge in [-0.2, -0.15) is 11.8 Å². The average Bonchev–Trinajstić information content (AvgIpc) is 2.50. The standard InChI is InChI=1S/C15H31N3OS/c1-4-17(5-2)12-13-6-9-18(10-7-13)15(19)14(16)8-11-20-3/h13-14H,4-12,16H2,1-3H3/t14-/m0/s1. The fraction of sp³-hybridized carbons (Fsp3) is 0.933. The first-order valence-electron chi connectivity index (χ1n) is 7.88. The lowest BCUT2D eigenvalue weighted by Gasteiger charge is -2.35. The highest BCUT2D eigenvalue weighted by Crippen LogP contribution is 2.19. The predicted octanol–water partition coefficient (Wildman–Crippen LogP) is 1.65. The van der Waals surface area contributed by atoms with Gasteiger partial charge in [0.05, 0.1) is 6.04 Å². The van der Waals surface area contributed by atoms with Crippen LogP contribution < -0.4 is 5.73 Å². The van der Waals surface area contributed by atoms with E-state index in [1.807, 2.05) is 4.90 Å². The third kappa shape index (κ3) is 5.62. The SMILES string of the molecule is CCN(CC)CC1CCN(C(=O)[C@@H](N)CCSC)CC1. The highest BCUT2D eigenvalue weighted by atomic mass is 32.2. The second kappa shape index (κ2) is 9.64. The van der Waals surface area contributed by atoms with Gasteiger partial charge in [-0.3, -0.25) is 4.79 Å². The summed E-state index contributed by atoms with van der Waals surface area (Å²) in [5.41, 5.74) is 5.98. The number of likely N-dealkylation sites (tertiary alicyclic amines) is 1. The summed E-state index contributed by atoms with van der Waals surface area (Å²) in [5.74, 6) is 1.85. The Morgan fingerprint density at radius 3 is 2.45 bits per heavy atom. The van der Waals surface area contributed by atoms with E-state index in [1.54, 1.807) is 11.8 Å². The molecule has 4 nitrogen and oxygen atoms in total. The van der Waals surface area contributed by atoms with Crippen LogP contribution in [0, 0.1) is 5.92 Å². The first-order valence-corrected chi connectivity index (χ1v) is 9.27. The number of carbonyl (C=O) groups excluding carboxylic acids is 1. The van der Waals surface area contributed by atoms with E-state index >= 15 is 0 Å². The van der Waals surface area contributed by atoms with Gasteiger partial charge in [0.1, 0.15) is 0 Å². The van der Waals surface area contributed by atoms with Gasteiger partial charge in [0.15, 0.2) is 0 Å². The van der Waals surface area contributed by atoms with Crippen LogP contribution in [0.5, 0.6) is 0 Å². The minimum atomic E-state index is -0.304. The monoisotopic (exact) mass is 301 g/mol. The van der Waals surface area contributed by atoms with Gasteiger partial charge in [-0.05, 0) is 50.3 Å². The lowest BCUT2D eigenvalue weighted by molar-refractivity contribution is -0.134. The van der Waals surface area contributed by atoms with E-state index < -0.39 is 0 Å². The quantitative estimate of drug-likeness (QED) is 0.740. The zero-order chi connectivity index (χ0) is 15.0. The van der Waals surface area contributed by atoms with Crippen molar-refractivity contribution in [3.8, 4) is 0 Å². The maximum absolute atomic E-state index is 12.2. The first-order chi connectivity index (χ1) is 9.62. The van der Waals surface area contributed by atoms with E-state index in [9.17, 15) is 4.79 Å². The van der Waals surface area contributed by atoms with E-state index in [0.717, 1.165) is 57.1 Å². The molecule has 20 heavy (non-hydrogen) atoms. The Kier molecular flexibility index (Phi) is 8.57. The minimum Gasteiger partial charge on any atom is -0.341 e. The second-order valence-electron chi connectivity index (χ2n) is 5.64. The van der Waals surface area contributed by atoms with Crippen LogP contribution in [0.3, 0.4) is 0 Å². The Morgan fingerprint density at radius 2 is 1.95 bits per heavy atom. The van der Waals surface area contributed by atoms with Gasteiger partial charge in [-0.15, -0.1) is 0 Å². The molecule has 0 aromatic carbocycles. The van der Waals surface area contributed by atoms with Gasteiger partial charge < -0.3 is 15.5 Å². The fourth-order valence-electron chi connectivity index (χ4n) is 2.79.